The van der Waals surface area contributed by atoms with Gasteiger partial charge in [-0.15, -0.1) is 0 Å². The SMILES string of the molecule is CC[C@H](C)n1c(=O)c2ccccc2n(CC(=O)Nc2cccc(C)c2)c1=O. The fourth-order valence-electron chi connectivity index (χ4n) is 3.13. The molecular weight excluding hydrogens is 342 g/mol. The second-order valence-corrected chi connectivity index (χ2v) is 6.74. The van der Waals surface area contributed by atoms with Crippen LogP contribution in [-0.2, 0) is 11.3 Å². The number of hydrogen-bond acceptors (Lipinski definition) is 3. The smallest absolute Gasteiger partial charge is 0.325 e. The molecule has 1 N–H and O–H groups in total. The van der Waals surface area contributed by atoms with Crippen LogP contribution >= 0.6 is 0 Å². The van der Waals surface area contributed by atoms with Gasteiger partial charge in [0, 0.05) is 11.7 Å². The minimum Gasteiger partial charge on any atom is -0.325 e. The molecule has 1 aromatic heterocycles. The molecule has 0 saturated heterocycles. The third kappa shape index (κ3) is 3.69. The predicted octanol–water partition coefficient (Wildman–Crippen LogP) is 3.08. The Labute approximate surface area is 157 Å². The zero-order valence-electron chi connectivity index (χ0n) is 15.7. The number of rotatable bonds is 5. The molecule has 0 aliphatic carbocycles. The van der Waals surface area contributed by atoms with E-state index in [0.29, 0.717) is 23.0 Å². The number of aryl methyl sites for hydroxylation is 1. The maximum Gasteiger partial charge on any atom is 0.332 e. The number of benzene rings is 2. The first kappa shape index (κ1) is 18.6. The van der Waals surface area contributed by atoms with Crippen LogP contribution in [0.1, 0.15) is 31.9 Å². The Hall–Kier alpha value is -3.15. The van der Waals surface area contributed by atoms with Gasteiger partial charge in [0.1, 0.15) is 6.54 Å². The third-order valence-corrected chi connectivity index (χ3v) is 4.72. The molecule has 6 nitrogen and oxygen atoms in total. The van der Waals surface area contributed by atoms with Gasteiger partial charge >= 0.3 is 5.69 Å². The lowest BCUT2D eigenvalue weighted by molar-refractivity contribution is -0.116. The van der Waals surface area contributed by atoms with E-state index in [2.05, 4.69) is 5.32 Å². The first-order valence-electron chi connectivity index (χ1n) is 9.03. The molecule has 0 saturated carbocycles. The van der Waals surface area contributed by atoms with Crippen molar-refractivity contribution in [3.8, 4) is 0 Å². The molecule has 0 fully saturated rings. The number of para-hydroxylation sites is 1. The minimum absolute atomic E-state index is 0.163. The Balaban J connectivity index is 2.06. The Morgan fingerprint density at radius 3 is 2.56 bits per heavy atom. The molecule has 1 amide bonds. The van der Waals surface area contributed by atoms with E-state index in [9.17, 15) is 14.4 Å². The van der Waals surface area contributed by atoms with Gasteiger partial charge in [-0.3, -0.25) is 18.7 Å². The van der Waals surface area contributed by atoms with Crippen LogP contribution in [0.2, 0.25) is 0 Å². The maximum atomic E-state index is 13.0. The lowest BCUT2D eigenvalue weighted by atomic mass is 10.2. The van der Waals surface area contributed by atoms with E-state index >= 15 is 0 Å². The predicted molar refractivity (Wildman–Crippen MR) is 107 cm³/mol. The Bertz CT molecular complexity index is 1110. The summed E-state index contributed by atoms with van der Waals surface area (Å²) in [5.74, 6) is -0.317. The largest absolute Gasteiger partial charge is 0.332 e. The number of nitrogens with zero attached hydrogens (tertiary/aromatic N) is 2. The number of carbonyl (C=O) groups is 1. The van der Waals surface area contributed by atoms with Gasteiger partial charge in [0.2, 0.25) is 5.91 Å². The van der Waals surface area contributed by atoms with Crippen LogP contribution in [0.15, 0.2) is 58.1 Å². The molecule has 27 heavy (non-hydrogen) atoms. The van der Waals surface area contributed by atoms with Crippen LogP contribution in [0, 0.1) is 6.92 Å². The highest BCUT2D eigenvalue weighted by Crippen LogP contribution is 2.12. The van der Waals surface area contributed by atoms with E-state index in [1.807, 2.05) is 39.0 Å². The molecule has 2 aromatic carbocycles. The summed E-state index contributed by atoms with van der Waals surface area (Å²) in [6.45, 7) is 5.52. The van der Waals surface area contributed by atoms with Gasteiger partial charge in [-0.25, -0.2) is 4.79 Å². The molecule has 0 aliphatic rings. The normalized spacial score (nSPS) is 12.1. The third-order valence-electron chi connectivity index (χ3n) is 4.72. The van der Waals surface area contributed by atoms with Gasteiger partial charge in [0.15, 0.2) is 0 Å². The highest BCUT2D eigenvalue weighted by Gasteiger charge is 2.18. The Kier molecular flexibility index (Phi) is 5.26. The summed E-state index contributed by atoms with van der Waals surface area (Å²) in [7, 11) is 0. The van der Waals surface area contributed by atoms with Crippen molar-refractivity contribution < 1.29 is 4.79 Å². The number of hydrogen-bond donors (Lipinski definition) is 1. The molecule has 0 radical (unpaired) electrons. The zero-order chi connectivity index (χ0) is 19.6. The summed E-state index contributed by atoms with van der Waals surface area (Å²) < 4.78 is 2.61. The number of nitrogens with one attached hydrogen (secondary N) is 1. The monoisotopic (exact) mass is 365 g/mol. The van der Waals surface area contributed by atoms with Crippen LogP contribution in [0.3, 0.4) is 0 Å². The van der Waals surface area contributed by atoms with Gasteiger partial charge in [-0.05, 0) is 50.1 Å². The number of amides is 1. The molecule has 3 rings (SSSR count). The molecule has 1 atom stereocenters. The van der Waals surface area contributed by atoms with E-state index in [1.54, 1.807) is 30.3 Å². The van der Waals surface area contributed by atoms with Gasteiger partial charge in [0.05, 0.1) is 10.9 Å². The fraction of sp³-hybridized carbons (Fsp3) is 0.286. The molecule has 0 bridgehead atoms. The summed E-state index contributed by atoms with van der Waals surface area (Å²) in [5, 5.41) is 3.25. The first-order chi connectivity index (χ1) is 12.9. The number of fused-ring (bicyclic) bond motifs is 1. The summed E-state index contributed by atoms with van der Waals surface area (Å²) in [6, 6.07) is 14.1. The second kappa shape index (κ2) is 7.61. The minimum atomic E-state index is -0.465. The van der Waals surface area contributed by atoms with Gasteiger partial charge in [-0.1, -0.05) is 31.2 Å². The molecule has 6 heteroatoms. The van der Waals surface area contributed by atoms with Crippen LogP contribution in [0.4, 0.5) is 5.69 Å². The molecule has 140 valence electrons. The average molecular weight is 365 g/mol. The highest BCUT2D eigenvalue weighted by atomic mass is 16.2. The Morgan fingerprint density at radius 1 is 1.11 bits per heavy atom. The lowest BCUT2D eigenvalue weighted by Crippen LogP contribution is -2.43. The van der Waals surface area contributed by atoms with Crippen molar-refractivity contribution in [2.24, 2.45) is 0 Å². The lowest BCUT2D eigenvalue weighted by Gasteiger charge is -2.17. The number of carbonyl (C=O) groups excluding carboxylic acids is 1. The standard InChI is InChI=1S/C21H23N3O3/c1-4-15(3)24-20(26)17-10-5-6-11-18(17)23(21(24)27)13-19(25)22-16-9-7-8-14(2)12-16/h5-12,15H,4,13H2,1-3H3,(H,22,25)/t15-/m0/s1. The number of anilines is 1. The first-order valence-corrected chi connectivity index (χ1v) is 9.03. The van der Waals surface area contributed by atoms with E-state index in [1.165, 1.54) is 9.13 Å². The summed E-state index contributed by atoms with van der Waals surface area (Å²) >= 11 is 0. The van der Waals surface area contributed by atoms with Crippen LogP contribution in [-0.4, -0.2) is 15.0 Å². The van der Waals surface area contributed by atoms with Crippen molar-refractivity contribution in [2.75, 3.05) is 5.32 Å². The van der Waals surface area contributed by atoms with Crippen molar-refractivity contribution in [1.29, 1.82) is 0 Å². The number of aromatic nitrogens is 2. The zero-order valence-corrected chi connectivity index (χ0v) is 15.7. The summed E-state index contributed by atoms with van der Waals surface area (Å²) in [4.78, 5) is 38.3. The van der Waals surface area contributed by atoms with Crippen molar-refractivity contribution in [2.45, 2.75) is 39.8 Å². The molecule has 0 unspecified atom stereocenters. The summed E-state index contributed by atoms with van der Waals surface area (Å²) in [5.41, 5.74) is 1.38. The van der Waals surface area contributed by atoms with Crippen molar-refractivity contribution in [3.63, 3.8) is 0 Å². The van der Waals surface area contributed by atoms with Crippen molar-refractivity contribution >= 4 is 22.5 Å². The molecule has 3 aromatic rings. The van der Waals surface area contributed by atoms with E-state index in [0.717, 1.165) is 5.56 Å². The molecule has 0 aliphatic heterocycles. The van der Waals surface area contributed by atoms with Gasteiger partial charge in [0.25, 0.3) is 5.56 Å². The van der Waals surface area contributed by atoms with Crippen LogP contribution < -0.4 is 16.6 Å². The van der Waals surface area contributed by atoms with Gasteiger partial charge in [-0.2, -0.15) is 0 Å². The van der Waals surface area contributed by atoms with Gasteiger partial charge < -0.3 is 5.32 Å². The fourth-order valence-corrected chi connectivity index (χ4v) is 3.13. The van der Waals surface area contributed by atoms with E-state index in [4.69, 9.17) is 0 Å². The Morgan fingerprint density at radius 2 is 1.85 bits per heavy atom. The topological polar surface area (TPSA) is 73.1 Å². The maximum absolute atomic E-state index is 13.0. The van der Waals surface area contributed by atoms with Crippen LogP contribution in [0.5, 0.6) is 0 Å². The molecule has 0 spiro atoms. The highest BCUT2D eigenvalue weighted by molar-refractivity contribution is 5.91. The summed E-state index contributed by atoms with van der Waals surface area (Å²) in [6.07, 6.45) is 0.642. The molecule has 1 heterocycles. The van der Waals surface area contributed by atoms with E-state index in [-0.39, 0.29) is 24.1 Å². The van der Waals surface area contributed by atoms with E-state index < -0.39 is 5.69 Å². The van der Waals surface area contributed by atoms with Crippen molar-refractivity contribution in [3.05, 3.63) is 74.9 Å². The average Bonchev–Trinajstić information content (AvgIpc) is 2.65. The molecular formula is C21H23N3O3. The second-order valence-electron chi connectivity index (χ2n) is 6.74. The van der Waals surface area contributed by atoms with Crippen LogP contribution in [0.25, 0.3) is 10.9 Å². The quantitative estimate of drug-likeness (QED) is 0.755. The van der Waals surface area contributed by atoms with Crippen molar-refractivity contribution in [1.82, 2.24) is 9.13 Å².